The van der Waals surface area contributed by atoms with Crippen LogP contribution in [0.25, 0.3) is 33.2 Å². The number of benzene rings is 3. The summed E-state index contributed by atoms with van der Waals surface area (Å²) in [5.74, 6) is 1.01. The summed E-state index contributed by atoms with van der Waals surface area (Å²) in [6, 6.07) is 12.6. The fraction of sp³-hybridized carbons (Fsp3) is 0.510. The topological polar surface area (TPSA) is 177 Å². The molecule has 64 heavy (non-hydrogen) atoms. The van der Waals surface area contributed by atoms with E-state index < -0.39 is 36.0 Å². The first kappa shape index (κ1) is 44.6. The summed E-state index contributed by atoms with van der Waals surface area (Å²) in [5, 5.41) is 7.62. The predicted octanol–water partition coefficient (Wildman–Crippen LogP) is 8.16. The molecule has 340 valence electrons. The fourth-order valence-electron chi connectivity index (χ4n) is 10.1. The van der Waals surface area contributed by atoms with E-state index in [1.807, 2.05) is 64.5 Å². The summed E-state index contributed by atoms with van der Waals surface area (Å²) in [6.45, 7) is 15.8. The first-order valence-electron chi connectivity index (χ1n) is 22.5. The van der Waals surface area contributed by atoms with Gasteiger partial charge in [0.05, 0.1) is 55.6 Å². The number of rotatable bonds is 10. The SMILES string of the molecule is COC(=O)N[C@H](C(=O)N1[C@@H](C)CC[C@H]1c1ncc(-c2ccc3c(c2)COc2cc4c5c(ccc4cc2-3)N=C([C@@H]2CC[C@H](C)N2C(=O)[C@@H](NC(=O)OC)[C@@H](C)OC(C)(C)C)C5)[nH]1)C(C)C. The van der Waals surface area contributed by atoms with Crippen molar-refractivity contribution in [1.29, 1.82) is 0 Å². The normalized spacial score (nSPS) is 21.6. The summed E-state index contributed by atoms with van der Waals surface area (Å²) in [5.41, 5.74) is 7.35. The van der Waals surface area contributed by atoms with Crippen LogP contribution in [0.1, 0.15) is 104 Å². The van der Waals surface area contributed by atoms with Gasteiger partial charge in [-0.2, -0.15) is 0 Å². The second-order valence-corrected chi connectivity index (χ2v) is 19.0. The molecule has 7 atom stereocenters. The predicted molar refractivity (Wildman–Crippen MR) is 244 cm³/mol. The minimum atomic E-state index is -0.939. The lowest BCUT2D eigenvalue weighted by Crippen LogP contribution is -2.58. The van der Waals surface area contributed by atoms with E-state index in [1.165, 1.54) is 14.2 Å². The fourth-order valence-corrected chi connectivity index (χ4v) is 10.1. The van der Waals surface area contributed by atoms with Gasteiger partial charge in [-0.3, -0.25) is 14.6 Å². The van der Waals surface area contributed by atoms with Crippen molar-refractivity contribution in [3.05, 3.63) is 65.6 Å². The van der Waals surface area contributed by atoms with Gasteiger partial charge < -0.3 is 44.4 Å². The molecule has 1 aromatic heterocycles. The van der Waals surface area contributed by atoms with Crippen molar-refractivity contribution >= 4 is 46.2 Å². The van der Waals surface area contributed by atoms with Crippen molar-refractivity contribution in [2.75, 3.05) is 14.2 Å². The highest BCUT2D eigenvalue weighted by Gasteiger charge is 2.45. The number of carbonyl (C=O) groups excluding carboxylic acids is 4. The van der Waals surface area contributed by atoms with Crippen LogP contribution in [-0.2, 0) is 36.8 Å². The number of nitrogens with zero attached hydrogens (tertiary/aromatic N) is 4. The molecule has 4 aliphatic rings. The Hall–Kier alpha value is -5.96. The number of hydrogen-bond acceptors (Lipinski definition) is 10. The van der Waals surface area contributed by atoms with Gasteiger partial charge in [-0.1, -0.05) is 32.0 Å². The number of aliphatic imine (C=N–C) groups is 1. The van der Waals surface area contributed by atoms with Crippen LogP contribution in [0.4, 0.5) is 15.3 Å². The molecule has 15 heteroatoms. The van der Waals surface area contributed by atoms with Crippen LogP contribution in [0.3, 0.4) is 0 Å². The molecule has 2 fully saturated rings. The average Bonchev–Trinajstić information content (AvgIpc) is 4.08. The molecule has 0 spiro atoms. The van der Waals surface area contributed by atoms with Crippen molar-refractivity contribution in [1.82, 2.24) is 30.4 Å². The number of amides is 4. The summed E-state index contributed by atoms with van der Waals surface area (Å²) in [6.07, 6.45) is 3.64. The third kappa shape index (κ3) is 8.53. The summed E-state index contributed by atoms with van der Waals surface area (Å²) < 4.78 is 22.4. The van der Waals surface area contributed by atoms with E-state index >= 15 is 0 Å². The summed E-state index contributed by atoms with van der Waals surface area (Å²) in [4.78, 5) is 70.0. The Morgan fingerprint density at radius 3 is 2.16 bits per heavy atom. The van der Waals surface area contributed by atoms with Gasteiger partial charge in [0.2, 0.25) is 11.8 Å². The standard InChI is InChI=1S/C49H61N7O8/c1-25(2)42(53-47(59)61-9)45(57)56-27(4)12-18-40(56)44-50-23-38(52-44)30-13-15-32-31(19-30)24-63-41-22-33-29(20-35(32)41)14-16-36-34(33)21-37(51-36)39-17-11-26(3)55(39)46(58)43(54-48(60)62-10)28(5)64-49(6,7)8/h13-16,19-20,22-23,25-28,39-40,42-43H,11-12,17-18,21,24H2,1-10H3,(H,50,52)(H,53,59)(H,54,60)/t26-,27-,28+,39-,40-,42-,43-/m0/s1. The number of aromatic amines is 1. The molecule has 8 rings (SSSR count). The molecule has 0 saturated carbocycles. The maximum atomic E-state index is 14.4. The van der Waals surface area contributed by atoms with Gasteiger partial charge >= 0.3 is 12.2 Å². The second-order valence-electron chi connectivity index (χ2n) is 19.0. The van der Waals surface area contributed by atoms with E-state index in [0.29, 0.717) is 18.9 Å². The van der Waals surface area contributed by atoms with Gasteiger partial charge in [0.1, 0.15) is 30.3 Å². The second kappa shape index (κ2) is 17.5. The molecule has 4 aromatic rings. The molecule has 4 aliphatic heterocycles. The van der Waals surface area contributed by atoms with Gasteiger partial charge in [0.15, 0.2) is 0 Å². The number of methoxy groups -OCH3 is 2. The Kier molecular flexibility index (Phi) is 12.2. The molecule has 3 N–H and O–H groups in total. The Bertz CT molecular complexity index is 2510. The number of ether oxygens (including phenoxy) is 4. The minimum Gasteiger partial charge on any atom is -0.488 e. The highest BCUT2D eigenvalue weighted by atomic mass is 16.5. The molecule has 0 radical (unpaired) electrons. The van der Waals surface area contributed by atoms with Crippen molar-refractivity contribution < 1.29 is 38.1 Å². The van der Waals surface area contributed by atoms with E-state index in [-0.39, 0.29) is 41.9 Å². The number of alkyl carbamates (subject to hydrolysis) is 2. The van der Waals surface area contributed by atoms with E-state index in [2.05, 4.69) is 58.1 Å². The minimum absolute atomic E-state index is 0.0175. The number of fused-ring (bicyclic) bond motifs is 6. The lowest BCUT2D eigenvalue weighted by Gasteiger charge is -2.36. The number of H-pyrrole nitrogens is 1. The number of carbonyl (C=O) groups is 4. The number of imidazole rings is 1. The quantitative estimate of drug-likeness (QED) is 0.142. The third-order valence-corrected chi connectivity index (χ3v) is 13.2. The van der Waals surface area contributed by atoms with Crippen LogP contribution >= 0.6 is 0 Å². The maximum Gasteiger partial charge on any atom is 0.407 e. The number of likely N-dealkylation sites (tertiary alicyclic amines) is 2. The lowest BCUT2D eigenvalue weighted by atomic mass is 9.90. The highest BCUT2D eigenvalue weighted by Crippen LogP contribution is 2.45. The van der Waals surface area contributed by atoms with E-state index in [9.17, 15) is 19.2 Å². The first-order valence-corrected chi connectivity index (χ1v) is 22.5. The number of aromatic nitrogens is 2. The van der Waals surface area contributed by atoms with Crippen molar-refractivity contribution in [3.8, 4) is 28.1 Å². The van der Waals surface area contributed by atoms with Gasteiger partial charge in [-0.05, 0) is 130 Å². The average molecular weight is 876 g/mol. The van der Waals surface area contributed by atoms with Crippen LogP contribution in [0, 0.1) is 5.92 Å². The molecule has 0 bridgehead atoms. The molecule has 15 nitrogen and oxygen atoms in total. The van der Waals surface area contributed by atoms with Gasteiger partial charge in [-0.15, -0.1) is 0 Å². The zero-order valence-corrected chi connectivity index (χ0v) is 38.5. The van der Waals surface area contributed by atoms with Crippen molar-refractivity contribution in [3.63, 3.8) is 0 Å². The smallest absolute Gasteiger partial charge is 0.407 e. The largest absolute Gasteiger partial charge is 0.488 e. The molecular formula is C49H61N7O8. The molecular weight excluding hydrogens is 815 g/mol. The third-order valence-electron chi connectivity index (χ3n) is 13.2. The zero-order valence-electron chi connectivity index (χ0n) is 38.5. The van der Waals surface area contributed by atoms with Gasteiger partial charge in [-0.25, -0.2) is 14.6 Å². The van der Waals surface area contributed by atoms with E-state index in [0.717, 1.165) is 87.1 Å². The molecule has 0 unspecified atom stereocenters. The number of hydrogen-bond donors (Lipinski definition) is 3. The number of nitrogens with one attached hydrogen (secondary N) is 3. The Balaban J connectivity index is 1.01. The van der Waals surface area contributed by atoms with Gasteiger partial charge in [0, 0.05) is 29.8 Å². The molecule has 5 heterocycles. The zero-order chi connectivity index (χ0) is 45.8. The highest BCUT2D eigenvalue weighted by molar-refractivity contribution is 6.07. The molecule has 4 amide bonds. The summed E-state index contributed by atoms with van der Waals surface area (Å²) >= 11 is 0. The van der Waals surface area contributed by atoms with E-state index in [1.54, 1.807) is 6.92 Å². The first-order chi connectivity index (χ1) is 30.5. The molecule has 0 aliphatic carbocycles. The Labute approximate surface area is 374 Å². The lowest BCUT2D eigenvalue weighted by molar-refractivity contribution is -0.142. The van der Waals surface area contributed by atoms with Crippen LogP contribution in [0.5, 0.6) is 5.75 Å². The van der Waals surface area contributed by atoms with Crippen molar-refractivity contribution in [2.24, 2.45) is 10.9 Å². The van der Waals surface area contributed by atoms with Gasteiger partial charge in [0.25, 0.3) is 0 Å². The Morgan fingerprint density at radius 2 is 1.48 bits per heavy atom. The molecule has 2 saturated heterocycles. The summed E-state index contributed by atoms with van der Waals surface area (Å²) in [7, 11) is 2.58. The monoisotopic (exact) mass is 875 g/mol. The molecule has 3 aromatic carbocycles. The van der Waals surface area contributed by atoms with Crippen LogP contribution in [-0.4, -0.2) is 106 Å². The van der Waals surface area contributed by atoms with Crippen LogP contribution < -0.4 is 15.4 Å². The maximum absolute atomic E-state index is 14.4. The van der Waals surface area contributed by atoms with Crippen LogP contribution in [0.15, 0.2) is 53.7 Å². The van der Waals surface area contributed by atoms with Crippen molar-refractivity contribution in [2.45, 2.75) is 142 Å². The Morgan fingerprint density at radius 1 is 0.828 bits per heavy atom. The van der Waals surface area contributed by atoms with E-state index in [4.69, 9.17) is 28.9 Å². The van der Waals surface area contributed by atoms with Crippen LogP contribution in [0.2, 0.25) is 0 Å².